The van der Waals surface area contributed by atoms with E-state index in [0.29, 0.717) is 42.3 Å². The van der Waals surface area contributed by atoms with Crippen molar-refractivity contribution in [1.29, 1.82) is 0 Å². The minimum Gasteiger partial charge on any atom is -0.507 e. The maximum atomic E-state index is 13.3. The van der Waals surface area contributed by atoms with Gasteiger partial charge in [-0.1, -0.05) is 13.3 Å². The molecule has 1 heterocycles. The first-order valence-corrected chi connectivity index (χ1v) is 12.1. The number of ether oxygens (including phenoxy) is 3. The molecule has 1 N–H and O–H groups in total. The molecule has 2 aromatic rings. The number of aryl methyl sites for hydroxylation is 1. The van der Waals surface area contributed by atoms with Crippen molar-refractivity contribution in [2.45, 2.75) is 32.7 Å². The van der Waals surface area contributed by atoms with Crippen LogP contribution in [0.1, 0.15) is 42.5 Å². The number of methoxy groups -OCH3 is 2. The Morgan fingerprint density at radius 3 is 2.42 bits per heavy atom. The molecule has 194 valence electrons. The van der Waals surface area contributed by atoms with Crippen molar-refractivity contribution in [2.75, 3.05) is 48.0 Å². The number of Topliss-reactive ketones (excluding diaryl/α,β-unsaturated/α-hetero) is 1. The summed E-state index contributed by atoms with van der Waals surface area (Å²) in [5.41, 5.74) is 1.89. The number of aliphatic hydroxyl groups is 1. The van der Waals surface area contributed by atoms with Gasteiger partial charge in [0.1, 0.15) is 23.0 Å². The van der Waals surface area contributed by atoms with Crippen molar-refractivity contribution < 1.29 is 28.9 Å². The molecular weight excluding hydrogens is 460 g/mol. The number of carbonyl (C=O) groups excluding carboxylic acids is 2. The fraction of sp³-hybridized carbons (Fsp3) is 0.429. The minimum atomic E-state index is -0.813. The van der Waals surface area contributed by atoms with Crippen molar-refractivity contribution in [3.05, 3.63) is 58.7 Å². The number of rotatable bonds is 11. The quantitative estimate of drug-likeness (QED) is 0.216. The van der Waals surface area contributed by atoms with Gasteiger partial charge < -0.3 is 29.1 Å². The third kappa shape index (κ3) is 5.65. The summed E-state index contributed by atoms with van der Waals surface area (Å²) in [4.78, 5) is 29.9. The molecule has 1 aliphatic rings. The number of amides is 1. The van der Waals surface area contributed by atoms with Crippen LogP contribution in [0.5, 0.6) is 17.2 Å². The van der Waals surface area contributed by atoms with Crippen molar-refractivity contribution in [2.24, 2.45) is 0 Å². The summed E-state index contributed by atoms with van der Waals surface area (Å²) in [6.07, 6.45) is 1.97. The highest BCUT2D eigenvalue weighted by Gasteiger charge is 2.47. The summed E-state index contributed by atoms with van der Waals surface area (Å²) in [5.74, 6) is 0.146. The molecule has 1 saturated heterocycles. The molecule has 2 aromatic carbocycles. The number of hydrogen-bond donors (Lipinski definition) is 1. The molecule has 1 aliphatic heterocycles. The van der Waals surface area contributed by atoms with Crippen LogP contribution in [0.25, 0.3) is 5.76 Å². The molecule has 0 aliphatic carbocycles. The van der Waals surface area contributed by atoms with E-state index in [1.807, 2.05) is 25.9 Å². The van der Waals surface area contributed by atoms with Gasteiger partial charge in [-0.25, -0.2) is 0 Å². The van der Waals surface area contributed by atoms with Gasteiger partial charge >= 0.3 is 0 Å². The highest BCUT2D eigenvalue weighted by Crippen LogP contribution is 2.43. The van der Waals surface area contributed by atoms with Crippen LogP contribution < -0.4 is 14.2 Å². The fourth-order valence-electron chi connectivity index (χ4n) is 4.23. The maximum absolute atomic E-state index is 13.3. The zero-order valence-electron chi connectivity index (χ0n) is 22.0. The third-order valence-electron chi connectivity index (χ3n) is 6.27. The van der Waals surface area contributed by atoms with Crippen molar-refractivity contribution in [3.63, 3.8) is 0 Å². The van der Waals surface area contributed by atoms with E-state index in [1.54, 1.807) is 43.5 Å². The summed E-state index contributed by atoms with van der Waals surface area (Å²) >= 11 is 0. The molecule has 36 heavy (non-hydrogen) atoms. The predicted molar refractivity (Wildman–Crippen MR) is 139 cm³/mol. The molecule has 3 rings (SSSR count). The van der Waals surface area contributed by atoms with Gasteiger partial charge in [0.05, 0.1) is 32.4 Å². The van der Waals surface area contributed by atoms with E-state index in [1.165, 1.54) is 12.0 Å². The number of hydrogen-bond acceptors (Lipinski definition) is 7. The molecule has 8 nitrogen and oxygen atoms in total. The van der Waals surface area contributed by atoms with Crippen molar-refractivity contribution in [3.8, 4) is 17.2 Å². The topological polar surface area (TPSA) is 88.5 Å². The van der Waals surface area contributed by atoms with Gasteiger partial charge in [0, 0.05) is 30.3 Å². The van der Waals surface area contributed by atoms with Crippen LogP contribution in [0.4, 0.5) is 0 Å². The average Bonchev–Trinajstić information content (AvgIpc) is 3.12. The van der Waals surface area contributed by atoms with E-state index in [2.05, 4.69) is 6.92 Å². The van der Waals surface area contributed by atoms with Gasteiger partial charge in [-0.05, 0) is 63.3 Å². The Labute approximate surface area is 213 Å². The molecule has 1 amide bonds. The van der Waals surface area contributed by atoms with Crippen LogP contribution in [-0.4, -0.2) is 74.6 Å². The molecule has 0 bridgehead atoms. The number of ketones is 1. The summed E-state index contributed by atoms with van der Waals surface area (Å²) < 4.78 is 16.7. The molecule has 1 atom stereocenters. The molecule has 0 spiro atoms. The van der Waals surface area contributed by atoms with Gasteiger partial charge in [-0.2, -0.15) is 0 Å². The lowest BCUT2D eigenvalue weighted by molar-refractivity contribution is -0.140. The highest BCUT2D eigenvalue weighted by atomic mass is 16.5. The lowest BCUT2D eigenvalue weighted by atomic mass is 9.94. The van der Waals surface area contributed by atoms with E-state index in [0.717, 1.165) is 24.2 Å². The van der Waals surface area contributed by atoms with Crippen LogP contribution in [0, 0.1) is 6.92 Å². The zero-order chi connectivity index (χ0) is 26.4. The molecule has 0 aromatic heterocycles. The lowest BCUT2D eigenvalue weighted by Crippen LogP contribution is -2.35. The second kappa shape index (κ2) is 11.9. The van der Waals surface area contributed by atoms with Crippen molar-refractivity contribution in [1.82, 2.24) is 9.80 Å². The highest BCUT2D eigenvalue weighted by molar-refractivity contribution is 6.46. The molecule has 1 unspecified atom stereocenters. The fourth-order valence-corrected chi connectivity index (χ4v) is 4.23. The molecule has 1 fully saturated rings. The third-order valence-corrected chi connectivity index (χ3v) is 6.27. The van der Waals surface area contributed by atoms with Crippen LogP contribution in [0.3, 0.4) is 0 Å². The number of nitrogens with zero attached hydrogens (tertiary/aromatic N) is 2. The first kappa shape index (κ1) is 27.1. The predicted octanol–water partition coefficient (Wildman–Crippen LogP) is 4.17. The Bertz CT molecular complexity index is 1140. The normalized spacial score (nSPS) is 17.1. The second-order valence-electron chi connectivity index (χ2n) is 9.09. The molecule has 0 radical (unpaired) electrons. The number of benzene rings is 2. The van der Waals surface area contributed by atoms with E-state index >= 15 is 0 Å². The standard InChI is InChI=1S/C28H36N2O6/c1-7-8-15-36-22-12-9-19(16-18(22)2)26(31)24-25(21-11-10-20(34-5)17-23(21)35-6)30(14-13-29(3)4)28(33)27(24)32/h9-12,16-17,25,31H,7-8,13-15H2,1-6H3. The number of likely N-dealkylation sites (N-methyl/N-ethyl adjacent to an activating group) is 1. The van der Waals surface area contributed by atoms with Gasteiger partial charge in [0.2, 0.25) is 0 Å². The van der Waals surface area contributed by atoms with Gasteiger partial charge in [-0.15, -0.1) is 0 Å². The Kier molecular flexibility index (Phi) is 8.98. The van der Waals surface area contributed by atoms with Gasteiger partial charge in [0.15, 0.2) is 0 Å². The van der Waals surface area contributed by atoms with Crippen LogP contribution in [0.15, 0.2) is 42.0 Å². The Balaban J connectivity index is 2.13. The number of carbonyl (C=O) groups is 2. The first-order chi connectivity index (χ1) is 17.2. The van der Waals surface area contributed by atoms with E-state index in [-0.39, 0.29) is 11.3 Å². The van der Waals surface area contributed by atoms with Gasteiger partial charge in [0.25, 0.3) is 11.7 Å². The second-order valence-corrected chi connectivity index (χ2v) is 9.09. The zero-order valence-corrected chi connectivity index (χ0v) is 22.0. The summed E-state index contributed by atoms with van der Waals surface area (Å²) in [6.45, 7) is 5.44. The Hall–Kier alpha value is -3.52. The summed E-state index contributed by atoms with van der Waals surface area (Å²) in [7, 11) is 6.86. The van der Waals surface area contributed by atoms with Crippen molar-refractivity contribution >= 4 is 17.4 Å². The summed E-state index contributed by atoms with van der Waals surface area (Å²) in [6, 6.07) is 9.66. The number of unbranched alkanes of at least 4 members (excludes halogenated alkanes) is 1. The largest absolute Gasteiger partial charge is 0.507 e. The van der Waals surface area contributed by atoms with Crippen LogP contribution in [-0.2, 0) is 9.59 Å². The molecule has 0 saturated carbocycles. The minimum absolute atomic E-state index is 0.0290. The SMILES string of the molecule is CCCCOc1ccc(C(O)=C2C(=O)C(=O)N(CCN(C)C)C2c2ccc(OC)cc2OC)cc1C. The average molecular weight is 497 g/mol. The van der Waals surface area contributed by atoms with Crippen LogP contribution in [0.2, 0.25) is 0 Å². The molecule has 8 heteroatoms. The smallest absolute Gasteiger partial charge is 0.295 e. The van der Waals surface area contributed by atoms with E-state index < -0.39 is 17.7 Å². The number of likely N-dealkylation sites (tertiary alicyclic amines) is 1. The lowest BCUT2D eigenvalue weighted by Gasteiger charge is -2.27. The maximum Gasteiger partial charge on any atom is 0.295 e. The Morgan fingerprint density at radius 2 is 1.81 bits per heavy atom. The van der Waals surface area contributed by atoms with Crippen LogP contribution >= 0.6 is 0 Å². The summed E-state index contributed by atoms with van der Waals surface area (Å²) in [5, 5.41) is 11.4. The molecular formula is C28H36N2O6. The van der Waals surface area contributed by atoms with Gasteiger partial charge in [-0.3, -0.25) is 9.59 Å². The Morgan fingerprint density at radius 1 is 1.06 bits per heavy atom. The van der Waals surface area contributed by atoms with E-state index in [9.17, 15) is 14.7 Å². The number of aliphatic hydroxyl groups excluding tert-OH is 1. The first-order valence-electron chi connectivity index (χ1n) is 12.1. The van der Waals surface area contributed by atoms with E-state index in [4.69, 9.17) is 14.2 Å². The monoisotopic (exact) mass is 496 g/mol.